The molecule has 26 heavy (non-hydrogen) atoms. The van der Waals surface area contributed by atoms with Crippen molar-refractivity contribution in [1.29, 1.82) is 0 Å². The third-order valence-electron chi connectivity index (χ3n) is 4.49. The van der Waals surface area contributed by atoms with E-state index in [9.17, 15) is 9.59 Å². The van der Waals surface area contributed by atoms with Gasteiger partial charge in [-0.05, 0) is 24.1 Å². The molecule has 1 unspecified atom stereocenters. The minimum atomic E-state index is -0.412. The topological polar surface area (TPSA) is 68.7 Å². The van der Waals surface area contributed by atoms with E-state index in [-0.39, 0.29) is 11.9 Å². The van der Waals surface area contributed by atoms with Crippen LogP contribution in [0.3, 0.4) is 0 Å². The van der Waals surface area contributed by atoms with Crippen LogP contribution in [-0.2, 0) is 20.7 Å². The molecule has 0 radical (unpaired) electrons. The van der Waals surface area contributed by atoms with Crippen LogP contribution < -0.4 is 4.90 Å². The lowest BCUT2D eigenvalue weighted by Crippen LogP contribution is -2.25. The highest BCUT2D eigenvalue weighted by atomic mass is 16.5. The summed E-state index contributed by atoms with van der Waals surface area (Å²) >= 11 is 0. The Balaban J connectivity index is 1.48. The fourth-order valence-electron chi connectivity index (χ4n) is 3.00. The fourth-order valence-corrected chi connectivity index (χ4v) is 3.00. The van der Waals surface area contributed by atoms with Crippen LogP contribution >= 0.6 is 0 Å². The summed E-state index contributed by atoms with van der Waals surface area (Å²) in [6.07, 6.45) is 2.96. The summed E-state index contributed by atoms with van der Waals surface area (Å²) in [5.41, 5.74) is 1.57. The molecule has 6 heteroatoms. The first-order valence-electron chi connectivity index (χ1n) is 8.67. The largest absolute Gasteiger partial charge is 0.465 e. The number of aromatic nitrogens is 1. The number of nitrogens with zero attached hydrogens (tertiary/aromatic N) is 2. The van der Waals surface area contributed by atoms with Crippen molar-refractivity contribution in [3.63, 3.8) is 0 Å². The molecule has 1 aromatic heterocycles. The van der Waals surface area contributed by atoms with Gasteiger partial charge in [0.2, 0.25) is 0 Å². The van der Waals surface area contributed by atoms with Crippen molar-refractivity contribution in [2.24, 2.45) is 5.92 Å². The molecule has 1 atom stereocenters. The Kier molecular flexibility index (Phi) is 5.84. The number of hydrogen-bond donors (Lipinski definition) is 0. The standard InChI is InChI=1S/C20H22N2O4/c1-25-19(23)16-7-8-18(21-13-16)22-11-9-17(14-22)20(24)26-12-10-15-5-3-2-4-6-15/h2-8,13,17H,9-12,14H2,1H3. The normalized spacial score (nSPS) is 16.3. The van der Waals surface area contributed by atoms with Gasteiger partial charge in [0, 0.05) is 25.7 Å². The SMILES string of the molecule is COC(=O)c1ccc(N2CCC(C(=O)OCCc3ccccc3)C2)nc1. The van der Waals surface area contributed by atoms with E-state index in [0.29, 0.717) is 18.7 Å². The minimum Gasteiger partial charge on any atom is -0.465 e. The highest BCUT2D eigenvalue weighted by Gasteiger charge is 2.30. The Morgan fingerprint density at radius 2 is 2.00 bits per heavy atom. The molecule has 1 aliphatic rings. The number of ether oxygens (including phenoxy) is 2. The summed E-state index contributed by atoms with van der Waals surface area (Å²) in [5, 5.41) is 0. The molecular weight excluding hydrogens is 332 g/mol. The fraction of sp³-hybridized carbons (Fsp3) is 0.350. The van der Waals surface area contributed by atoms with Crippen LogP contribution in [0, 0.1) is 5.92 Å². The first-order chi connectivity index (χ1) is 12.7. The molecule has 2 heterocycles. The number of hydrogen-bond acceptors (Lipinski definition) is 6. The number of benzene rings is 1. The van der Waals surface area contributed by atoms with Gasteiger partial charge in [-0.25, -0.2) is 9.78 Å². The van der Waals surface area contributed by atoms with Gasteiger partial charge in [-0.15, -0.1) is 0 Å². The zero-order valence-corrected chi connectivity index (χ0v) is 14.8. The van der Waals surface area contributed by atoms with Gasteiger partial charge in [-0.3, -0.25) is 4.79 Å². The highest BCUT2D eigenvalue weighted by molar-refractivity contribution is 5.89. The summed E-state index contributed by atoms with van der Waals surface area (Å²) in [5.74, 6) is 0.0325. The molecule has 0 saturated carbocycles. The molecule has 1 fully saturated rings. The molecule has 0 N–H and O–H groups in total. The molecule has 1 aromatic carbocycles. The minimum absolute atomic E-state index is 0.146. The smallest absolute Gasteiger partial charge is 0.339 e. The van der Waals surface area contributed by atoms with Crippen LogP contribution in [0.5, 0.6) is 0 Å². The average Bonchev–Trinajstić information content (AvgIpc) is 3.18. The summed E-state index contributed by atoms with van der Waals surface area (Å²) < 4.78 is 10.1. The third kappa shape index (κ3) is 4.39. The maximum atomic E-state index is 12.3. The lowest BCUT2D eigenvalue weighted by atomic mass is 10.1. The summed E-state index contributed by atoms with van der Waals surface area (Å²) in [4.78, 5) is 30.0. The van der Waals surface area contributed by atoms with Crippen LogP contribution in [0.15, 0.2) is 48.7 Å². The quantitative estimate of drug-likeness (QED) is 0.743. The molecule has 0 spiro atoms. The average molecular weight is 354 g/mol. The summed E-state index contributed by atoms with van der Waals surface area (Å²) in [6, 6.07) is 13.4. The van der Waals surface area contributed by atoms with E-state index in [2.05, 4.69) is 9.72 Å². The monoisotopic (exact) mass is 354 g/mol. The Morgan fingerprint density at radius 3 is 2.69 bits per heavy atom. The number of pyridine rings is 1. The number of anilines is 1. The second-order valence-corrected chi connectivity index (χ2v) is 6.23. The maximum absolute atomic E-state index is 12.3. The van der Waals surface area contributed by atoms with Crippen molar-refractivity contribution >= 4 is 17.8 Å². The number of carbonyl (C=O) groups excluding carboxylic acids is 2. The zero-order chi connectivity index (χ0) is 18.4. The van der Waals surface area contributed by atoms with Gasteiger partial charge in [0.1, 0.15) is 5.82 Å². The Morgan fingerprint density at radius 1 is 1.19 bits per heavy atom. The molecular formula is C20H22N2O4. The van der Waals surface area contributed by atoms with E-state index in [1.165, 1.54) is 13.3 Å². The van der Waals surface area contributed by atoms with Crippen molar-refractivity contribution in [2.45, 2.75) is 12.8 Å². The summed E-state index contributed by atoms with van der Waals surface area (Å²) in [6.45, 7) is 1.71. The zero-order valence-electron chi connectivity index (χ0n) is 14.8. The van der Waals surface area contributed by atoms with E-state index in [0.717, 1.165) is 30.8 Å². The second kappa shape index (κ2) is 8.47. The molecule has 6 nitrogen and oxygen atoms in total. The Bertz CT molecular complexity index is 746. The van der Waals surface area contributed by atoms with Crippen LogP contribution in [0.25, 0.3) is 0 Å². The van der Waals surface area contributed by atoms with E-state index in [1.807, 2.05) is 35.2 Å². The van der Waals surface area contributed by atoms with Gasteiger partial charge >= 0.3 is 11.9 Å². The number of carbonyl (C=O) groups is 2. The Hall–Kier alpha value is -2.89. The summed E-state index contributed by atoms with van der Waals surface area (Å²) in [7, 11) is 1.34. The number of methoxy groups -OCH3 is 1. The number of esters is 2. The number of rotatable bonds is 6. The first-order valence-corrected chi connectivity index (χ1v) is 8.67. The highest BCUT2D eigenvalue weighted by Crippen LogP contribution is 2.23. The molecule has 0 amide bonds. The van der Waals surface area contributed by atoms with Crippen molar-refractivity contribution in [2.75, 3.05) is 31.7 Å². The van der Waals surface area contributed by atoms with Gasteiger partial charge in [0.25, 0.3) is 0 Å². The van der Waals surface area contributed by atoms with Crippen molar-refractivity contribution in [3.05, 3.63) is 59.8 Å². The van der Waals surface area contributed by atoms with Gasteiger partial charge in [-0.1, -0.05) is 30.3 Å². The molecule has 3 rings (SSSR count). The van der Waals surface area contributed by atoms with Crippen molar-refractivity contribution in [3.8, 4) is 0 Å². The molecule has 0 bridgehead atoms. The van der Waals surface area contributed by atoms with E-state index < -0.39 is 5.97 Å². The lowest BCUT2D eigenvalue weighted by Gasteiger charge is -2.17. The lowest BCUT2D eigenvalue weighted by molar-refractivity contribution is -0.147. The molecule has 1 saturated heterocycles. The van der Waals surface area contributed by atoms with E-state index in [1.54, 1.807) is 12.1 Å². The van der Waals surface area contributed by atoms with E-state index >= 15 is 0 Å². The first kappa shape index (κ1) is 17.9. The van der Waals surface area contributed by atoms with Crippen LogP contribution in [0.4, 0.5) is 5.82 Å². The van der Waals surface area contributed by atoms with Crippen molar-refractivity contribution < 1.29 is 19.1 Å². The van der Waals surface area contributed by atoms with E-state index in [4.69, 9.17) is 4.74 Å². The molecule has 2 aromatic rings. The Labute approximate surface area is 152 Å². The van der Waals surface area contributed by atoms with Crippen molar-refractivity contribution in [1.82, 2.24) is 4.98 Å². The van der Waals surface area contributed by atoms with Gasteiger partial charge in [0.05, 0.1) is 25.2 Å². The van der Waals surface area contributed by atoms with Gasteiger partial charge in [-0.2, -0.15) is 0 Å². The maximum Gasteiger partial charge on any atom is 0.339 e. The second-order valence-electron chi connectivity index (χ2n) is 6.23. The molecule has 1 aliphatic heterocycles. The molecule has 136 valence electrons. The van der Waals surface area contributed by atoms with Gasteiger partial charge < -0.3 is 14.4 Å². The third-order valence-corrected chi connectivity index (χ3v) is 4.49. The van der Waals surface area contributed by atoms with Crippen LogP contribution in [0.1, 0.15) is 22.3 Å². The van der Waals surface area contributed by atoms with Crippen LogP contribution in [-0.4, -0.2) is 43.7 Å². The van der Waals surface area contributed by atoms with Gasteiger partial charge in [0.15, 0.2) is 0 Å². The predicted molar refractivity (Wildman–Crippen MR) is 97.0 cm³/mol. The molecule has 0 aliphatic carbocycles. The predicted octanol–water partition coefficient (Wildman–Crippen LogP) is 2.48. The van der Waals surface area contributed by atoms with Crippen LogP contribution in [0.2, 0.25) is 0 Å².